The number of benzene rings is 1. The van der Waals surface area contributed by atoms with Crippen LogP contribution in [0.15, 0.2) is 18.2 Å². The van der Waals surface area contributed by atoms with Crippen LogP contribution in [0.25, 0.3) is 0 Å². The van der Waals surface area contributed by atoms with Crippen LogP contribution in [0.1, 0.15) is 22.0 Å². The average molecular weight is 290 g/mol. The maximum atomic E-state index is 11.0. The molecule has 0 aliphatic rings. The number of carboxylic acids is 1. The molecular formula is C10H12BrNO4. The van der Waals surface area contributed by atoms with Crippen molar-refractivity contribution < 1.29 is 20.1 Å². The number of aliphatic hydroxyl groups excluding tert-OH is 2. The van der Waals surface area contributed by atoms with Gasteiger partial charge in [-0.3, -0.25) is 0 Å². The Morgan fingerprint density at radius 2 is 2.06 bits per heavy atom. The minimum atomic E-state index is -1.28. The van der Waals surface area contributed by atoms with Gasteiger partial charge in [0.1, 0.15) is 6.10 Å². The molecule has 6 heteroatoms. The quantitative estimate of drug-likeness (QED) is 0.484. The molecule has 2 atom stereocenters. The monoisotopic (exact) mass is 289 g/mol. The van der Waals surface area contributed by atoms with E-state index in [9.17, 15) is 15.0 Å². The lowest BCUT2D eigenvalue weighted by Gasteiger charge is -2.18. The minimum Gasteiger partial charge on any atom is -0.478 e. The van der Waals surface area contributed by atoms with Crippen LogP contribution >= 0.6 is 15.9 Å². The summed E-state index contributed by atoms with van der Waals surface area (Å²) in [7, 11) is 0. The van der Waals surface area contributed by atoms with E-state index in [0.29, 0.717) is 0 Å². The Balaban J connectivity index is 3.22. The fourth-order valence-corrected chi connectivity index (χ4v) is 1.73. The molecule has 2 unspecified atom stereocenters. The minimum absolute atomic E-state index is 0.0609. The Bertz CT molecular complexity index is 396. The number of anilines is 1. The molecule has 0 aliphatic heterocycles. The summed E-state index contributed by atoms with van der Waals surface area (Å²) >= 11 is 3.00. The van der Waals surface area contributed by atoms with E-state index in [2.05, 4.69) is 15.9 Å². The average Bonchev–Trinajstić information content (AvgIpc) is 2.26. The molecule has 0 saturated heterocycles. The SMILES string of the molecule is Nc1cccc(C(O)C(O)CBr)c1C(=O)O. The fraction of sp³-hybridized carbons (Fsp3) is 0.300. The van der Waals surface area contributed by atoms with Gasteiger partial charge < -0.3 is 21.1 Å². The molecule has 1 aromatic rings. The summed E-state index contributed by atoms with van der Waals surface area (Å²) in [5.41, 5.74) is 5.52. The molecule has 88 valence electrons. The molecule has 0 aromatic heterocycles. The number of hydrogen-bond acceptors (Lipinski definition) is 4. The Hall–Kier alpha value is -1.11. The summed E-state index contributed by atoms with van der Waals surface area (Å²) in [5, 5.41) is 28.3. The van der Waals surface area contributed by atoms with Crippen molar-refractivity contribution in [2.45, 2.75) is 12.2 Å². The highest BCUT2D eigenvalue weighted by atomic mass is 79.9. The van der Waals surface area contributed by atoms with Crippen molar-refractivity contribution in [1.29, 1.82) is 0 Å². The standard InChI is InChI=1S/C10H12BrNO4/c11-4-7(13)9(14)5-2-1-3-6(12)8(5)10(15)16/h1-3,7,9,13-14H,4,12H2,(H,15,16). The van der Waals surface area contributed by atoms with Crippen LogP contribution in [-0.4, -0.2) is 32.7 Å². The lowest BCUT2D eigenvalue weighted by molar-refractivity contribution is 0.0328. The van der Waals surface area contributed by atoms with Gasteiger partial charge in [0.05, 0.1) is 11.7 Å². The molecule has 1 aromatic carbocycles. The number of hydrogen-bond donors (Lipinski definition) is 4. The highest BCUT2D eigenvalue weighted by Gasteiger charge is 2.24. The Morgan fingerprint density at radius 1 is 1.44 bits per heavy atom. The van der Waals surface area contributed by atoms with Crippen molar-refractivity contribution in [1.82, 2.24) is 0 Å². The summed E-state index contributed by atoms with van der Waals surface area (Å²) in [6, 6.07) is 4.39. The van der Waals surface area contributed by atoms with Gasteiger partial charge in [0.25, 0.3) is 0 Å². The predicted molar refractivity (Wildman–Crippen MR) is 62.6 cm³/mol. The first-order valence-electron chi connectivity index (χ1n) is 4.52. The summed E-state index contributed by atoms with van der Waals surface area (Å²) in [5.74, 6) is -1.23. The second-order valence-corrected chi connectivity index (χ2v) is 3.93. The zero-order valence-corrected chi connectivity index (χ0v) is 9.89. The Labute approximate surface area is 101 Å². The van der Waals surface area contributed by atoms with E-state index in [1.54, 1.807) is 0 Å². The number of nitrogen functional groups attached to an aromatic ring is 1. The number of carbonyl (C=O) groups is 1. The molecule has 0 radical (unpaired) electrons. The van der Waals surface area contributed by atoms with Crippen LogP contribution in [0.3, 0.4) is 0 Å². The zero-order valence-electron chi connectivity index (χ0n) is 8.30. The molecule has 0 bridgehead atoms. The lowest BCUT2D eigenvalue weighted by atomic mass is 9.98. The van der Waals surface area contributed by atoms with E-state index in [0.717, 1.165) is 0 Å². The molecule has 0 heterocycles. The molecule has 0 saturated carbocycles. The molecule has 0 fully saturated rings. The number of aliphatic hydroxyl groups is 2. The Kier molecular flexibility index (Phi) is 4.28. The van der Waals surface area contributed by atoms with Crippen LogP contribution in [0.4, 0.5) is 5.69 Å². The topological polar surface area (TPSA) is 104 Å². The van der Waals surface area contributed by atoms with E-state index in [4.69, 9.17) is 10.8 Å². The molecule has 5 nitrogen and oxygen atoms in total. The molecule has 0 aliphatic carbocycles. The second-order valence-electron chi connectivity index (χ2n) is 3.28. The molecule has 1 rings (SSSR count). The third-order valence-electron chi connectivity index (χ3n) is 2.18. The molecule has 5 N–H and O–H groups in total. The lowest BCUT2D eigenvalue weighted by Crippen LogP contribution is -2.22. The smallest absolute Gasteiger partial charge is 0.338 e. The Morgan fingerprint density at radius 3 is 2.56 bits per heavy atom. The van der Waals surface area contributed by atoms with Gasteiger partial charge in [-0.2, -0.15) is 0 Å². The summed E-state index contributed by atoms with van der Waals surface area (Å²) in [6.45, 7) is 0. The number of carboxylic acid groups (broad SMARTS) is 1. The first-order valence-corrected chi connectivity index (χ1v) is 5.65. The fourth-order valence-electron chi connectivity index (χ4n) is 1.37. The van der Waals surface area contributed by atoms with Crippen LogP contribution in [-0.2, 0) is 0 Å². The maximum absolute atomic E-state index is 11.0. The zero-order chi connectivity index (χ0) is 12.3. The second kappa shape index (κ2) is 5.29. The van der Waals surface area contributed by atoms with Crippen LogP contribution < -0.4 is 5.73 Å². The largest absolute Gasteiger partial charge is 0.478 e. The number of halogens is 1. The summed E-state index contributed by atoms with van der Waals surface area (Å²) in [6.07, 6.45) is -2.37. The third-order valence-corrected chi connectivity index (χ3v) is 2.85. The van der Waals surface area contributed by atoms with E-state index < -0.39 is 18.2 Å². The van der Waals surface area contributed by atoms with Crippen LogP contribution in [0, 0.1) is 0 Å². The highest BCUT2D eigenvalue weighted by Crippen LogP contribution is 2.26. The number of rotatable bonds is 4. The molecule has 0 spiro atoms. The van der Waals surface area contributed by atoms with E-state index in [1.165, 1.54) is 18.2 Å². The molecular weight excluding hydrogens is 278 g/mol. The molecule has 0 amide bonds. The van der Waals surface area contributed by atoms with Gasteiger partial charge in [-0.05, 0) is 11.6 Å². The van der Waals surface area contributed by atoms with Crippen molar-refractivity contribution >= 4 is 27.6 Å². The number of nitrogens with two attached hydrogens (primary N) is 1. The normalized spacial score (nSPS) is 14.4. The van der Waals surface area contributed by atoms with E-state index in [1.807, 2.05) is 0 Å². The summed E-state index contributed by atoms with van der Waals surface area (Å²) in [4.78, 5) is 11.0. The first-order chi connectivity index (χ1) is 7.49. The van der Waals surface area contributed by atoms with Gasteiger partial charge in [-0.25, -0.2) is 4.79 Å². The third kappa shape index (κ3) is 2.52. The van der Waals surface area contributed by atoms with Gasteiger partial charge in [-0.15, -0.1) is 0 Å². The van der Waals surface area contributed by atoms with Gasteiger partial charge in [0, 0.05) is 11.0 Å². The van der Waals surface area contributed by atoms with Crippen molar-refractivity contribution in [3.63, 3.8) is 0 Å². The van der Waals surface area contributed by atoms with Crippen LogP contribution in [0.2, 0.25) is 0 Å². The highest BCUT2D eigenvalue weighted by molar-refractivity contribution is 9.09. The van der Waals surface area contributed by atoms with Crippen molar-refractivity contribution in [3.05, 3.63) is 29.3 Å². The van der Waals surface area contributed by atoms with Crippen LogP contribution in [0.5, 0.6) is 0 Å². The number of aromatic carboxylic acids is 1. The van der Waals surface area contributed by atoms with Gasteiger partial charge in [0.2, 0.25) is 0 Å². The first kappa shape index (κ1) is 13.0. The summed E-state index contributed by atoms with van der Waals surface area (Å²) < 4.78 is 0. The van der Waals surface area contributed by atoms with E-state index >= 15 is 0 Å². The van der Waals surface area contributed by atoms with Crippen molar-refractivity contribution in [2.75, 3.05) is 11.1 Å². The van der Waals surface area contributed by atoms with Crippen molar-refractivity contribution in [3.8, 4) is 0 Å². The predicted octanol–water partition coefficient (Wildman–Crippen LogP) is 0.756. The number of alkyl halides is 1. The van der Waals surface area contributed by atoms with Gasteiger partial charge >= 0.3 is 5.97 Å². The van der Waals surface area contributed by atoms with Crippen molar-refractivity contribution in [2.24, 2.45) is 0 Å². The van der Waals surface area contributed by atoms with Gasteiger partial charge in [-0.1, -0.05) is 28.1 Å². The van der Waals surface area contributed by atoms with Gasteiger partial charge in [0.15, 0.2) is 0 Å². The van der Waals surface area contributed by atoms with E-state index in [-0.39, 0.29) is 22.1 Å². The molecule has 16 heavy (non-hydrogen) atoms. The maximum Gasteiger partial charge on any atom is 0.338 e.